The quantitative estimate of drug-likeness (QED) is 0.564. The maximum Gasteiger partial charge on any atom is 0.294 e. The molecule has 2 N–H and O–H groups in total. The molecule has 0 radical (unpaired) electrons. The standard InChI is InChI=1S/C13H18N2O3S3/c1-2-19-6-3-7-20-9-13-14-11-5-4-10(21(16,17)18)8-12(11)15-13/h4-5,8H,2-3,6-7,9H2,1H3,(H,14,15)(H,16,17,18). The van der Waals surface area contributed by atoms with Crippen LogP contribution in [0.1, 0.15) is 19.2 Å². The van der Waals surface area contributed by atoms with Gasteiger partial charge in [-0.1, -0.05) is 6.92 Å². The molecule has 0 atom stereocenters. The topological polar surface area (TPSA) is 83.1 Å². The zero-order valence-electron chi connectivity index (χ0n) is 11.7. The number of nitrogens with one attached hydrogen (secondary N) is 1. The number of rotatable bonds is 8. The second-order valence-electron chi connectivity index (χ2n) is 4.44. The van der Waals surface area contributed by atoms with E-state index >= 15 is 0 Å². The van der Waals surface area contributed by atoms with Crippen LogP contribution in [0.4, 0.5) is 0 Å². The third-order valence-corrected chi connectivity index (χ3v) is 5.71. The minimum atomic E-state index is -4.17. The Morgan fingerprint density at radius 2 is 2.05 bits per heavy atom. The predicted molar refractivity (Wildman–Crippen MR) is 89.7 cm³/mol. The number of thioether (sulfide) groups is 2. The van der Waals surface area contributed by atoms with Crippen molar-refractivity contribution in [2.45, 2.75) is 24.0 Å². The van der Waals surface area contributed by atoms with E-state index < -0.39 is 10.1 Å². The van der Waals surface area contributed by atoms with Gasteiger partial charge in [0.25, 0.3) is 10.1 Å². The number of aromatic nitrogens is 2. The molecule has 0 aliphatic carbocycles. The second-order valence-corrected chi connectivity index (χ2v) is 8.36. The van der Waals surface area contributed by atoms with Crippen molar-refractivity contribution in [2.24, 2.45) is 0 Å². The second kappa shape index (κ2) is 7.53. The van der Waals surface area contributed by atoms with E-state index in [9.17, 15) is 8.42 Å². The molecular formula is C13H18N2O3S3. The highest BCUT2D eigenvalue weighted by atomic mass is 32.2. The molecule has 116 valence electrons. The van der Waals surface area contributed by atoms with E-state index in [1.165, 1.54) is 24.3 Å². The average Bonchev–Trinajstić information content (AvgIpc) is 2.83. The van der Waals surface area contributed by atoms with Crippen LogP contribution < -0.4 is 0 Å². The van der Waals surface area contributed by atoms with Crippen LogP contribution in [0.3, 0.4) is 0 Å². The molecule has 0 unspecified atom stereocenters. The van der Waals surface area contributed by atoms with E-state index in [0.717, 1.165) is 23.1 Å². The van der Waals surface area contributed by atoms with Gasteiger partial charge in [0.1, 0.15) is 5.82 Å². The van der Waals surface area contributed by atoms with Gasteiger partial charge in [-0.3, -0.25) is 4.55 Å². The summed E-state index contributed by atoms with van der Waals surface area (Å²) < 4.78 is 31.2. The molecule has 1 aromatic heterocycles. The summed E-state index contributed by atoms with van der Waals surface area (Å²) in [5.41, 5.74) is 1.34. The monoisotopic (exact) mass is 346 g/mol. The summed E-state index contributed by atoms with van der Waals surface area (Å²) in [5.74, 6) is 5.02. The number of aromatic amines is 1. The molecule has 1 heterocycles. The van der Waals surface area contributed by atoms with Gasteiger partial charge in [-0.05, 0) is 41.9 Å². The molecular weight excluding hydrogens is 328 g/mol. The molecule has 0 saturated heterocycles. The lowest BCUT2D eigenvalue weighted by Gasteiger charge is -1.98. The fourth-order valence-corrected chi connectivity index (χ4v) is 4.00. The van der Waals surface area contributed by atoms with Crippen LogP contribution in [0.2, 0.25) is 0 Å². The van der Waals surface area contributed by atoms with Gasteiger partial charge in [-0.25, -0.2) is 4.98 Å². The lowest BCUT2D eigenvalue weighted by Crippen LogP contribution is -1.97. The fourth-order valence-electron chi connectivity index (χ4n) is 1.85. The first kappa shape index (κ1) is 16.7. The zero-order valence-corrected chi connectivity index (χ0v) is 14.2. The first-order valence-electron chi connectivity index (χ1n) is 6.62. The normalized spacial score (nSPS) is 12.1. The molecule has 0 bridgehead atoms. The van der Waals surface area contributed by atoms with Crippen molar-refractivity contribution in [1.29, 1.82) is 0 Å². The Labute approximate surface area is 133 Å². The van der Waals surface area contributed by atoms with Gasteiger partial charge < -0.3 is 4.98 Å². The molecule has 0 spiro atoms. The van der Waals surface area contributed by atoms with Crippen molar-refractivity contribution >= 4 is 44.7 Å². The van der Waals surface area contributed by atoms with Gasteiger partial charge >= 0.3 is 0 Å². The number of nitrogens with zero attached hydrogens (tertiary/aromatic N) is 1. The number of benzene rings is 1. The Morgan fingerprint density at radius 1 is 1.29 bits per heavy atom. The highest BCUT2D eigenvalue weighted by Crippen LogP contribution is 2.19. The highest BCUT2D eigenvalue weighted by Gasteiger charge is 2.11. The summed E-state index contributed by atoms with van der Waals surface area (Å²) in [6.45, 7) is 2.16. The molecule has 8 heteroatoms. The van der Waals surface area contributed by atoms with E-state index in [1.54, 1.807) is 6.07 Å². The van der Waals surface area contributed by atoms with Gasteiger partial charge in [-0.2, -0.15) is 31.9 Å². The fraction of sp³-hybridized carbons (Fsp3) is 0.462. The van der Waals surface area contributed by atoms with Crippen molar-refractivity contribution < 1.29 is 13.0 Å². The van der Waals surface area contributed by atoms with Gasteiger partial charge in [0.05, 0.1) is 21.7 Å². The maximum atomic E-state index is 11.1. The van der Waals surface area contributed by atoms with Gasteiger partial charge in [-0.15, -0.1) is 0 Å². The van der Waals surface area contributed by atoms with Crippen molar-refractivity contribution in [3.63, 3.8) is 0 Å². The van der Waals surface area contributed by atoms with Crippen molar-refractivity contribution in [3.8, 4) is 0 Å². The molecule has 0 fully saturated rings. The Hall–Kier alpha value is -0.700. The highest BCUT2D eigenvalue weighted by molar-refractivity contribution is 7.99. The summed E-state index contributed by atoms with van der Waals surface area (Å²) in [6.07, 6.45) is 1.18. The average molecular weight is 346 g/mol. The van der Waals surface area contributed by atoms with Gasteiger partial charge in [0.15, 0.2) is 0 Å². The van der Waals surface area contributed by atoms with Gasteiger partial charge in [0, 0.05) is 0 Å². The molecule has 5 nitrogen and oxygen atoms in total. The minimum Gasteiger partial charge on any atom is -0.341 e. The SMILES string of the molecule is CCSCCCSCc1nc2ccc(S(=O)(=O)O)cc2[nH]1. The summed E-state index contributed by atoms with van der Waals surface area (Å²) in [6, 6.07) is 4.36. The van der Waals surface area contributed by atoms with Crippen LogP contribution in [-0.4, -0.2) is 40.2 Å². The minimum absolute atomic E-state index is 0.116. The lowest BCUT2D eigenvalue weighted by atomic mass is 10.3. The van der Waals surface area contributed by atoms with E-state index in [0.29, 0.717) is 11.0 Å². The van der Waals surface area contributed by atoms with E-state index in [2.05, 4.69) is 16.9 Å². The largest absolute Gasteiger partial charge is 0.341 e. The molecule has 2 aromatic rings. The maximum absolute atomic E-state index is 11.1. The Balaban J connectivity index is 1.96. The number of imidazole rings is 1. The van der Waals surface area contributed by atoms with Crippen molar-refractivity contribution in [3.05, 3.63) is 24.0 Å². The Kier molecular flexibility index (Phi) is 5.98. The predicted octanol–water partition coefficient (Wildman–Crippen LogP) is 3.19. The molecule has 0 amide bonds. The summed E-state index contributed by atoms with van der Waals surface area (Å²) in [4.78, 5) is 7.39. The Bertz CT molecular complexity index is 698. The van der Waals surface area contributed by atoms with E-state index in [4.69, 9.17) is 4.55 Å². The van der Waals surface area contributed by atoms with Crippen LogP contribution in [-0.2, 0) is 15.9 Å². The number of H-pyrrole nitrogens is 1. The summed E-state index contributed by atoms with van der Waals surface area (Å²) in [7, 11) is -4.17. The number of hydrogen-bond donors (Lipinski definition) is 2. The number of fused-ring (bicyclic) bond motifs is 1. The van der Waals surface area contributed by atoms with Crippen LogP contribution in [0.15, 0.2) is 23.1 Å². The number of hydrogen-bond acceptors (Lipinski definition) is 5. The molecule has 0 aliphatic heterocycles. The van der Waals surface area contributed by atoms with Gasteiger partial charge in [0.2, 0.25) is 0 Å². The Morgan fingerprint density at radius 3 is 2.76 bits per heavy atom. The third-order valence-electron chi connectivity index (χ3n) is 2.82. The summed E-state index contributed by atoms with van der Waals surface area (Å²) in [5, 5.41) is 0. The zero-order chi connectivity index (χ0) is 15.3. The van der Waals surface area contributed by atoms with Crippen LogP contribution >= 0.6 is 23.5 Å². The lowest BCUT2D eigenvalue weighted by molar-refractivity contribution is 0.483. The van der Waals surface area contributed by atoms with E-state index in [-0.39, 0.29) is 4.90 Å². The molecule has 0 saturated carbocycles. The molecule has 21 heavy (non-hydrogen) atoms. The smallest absolute Gasteiger partial charge is 0.294 e. The molecule has 1 aromatic carbocycles. The van der Waals surface area contributed by atoms with Crippen molar-refractivity contribution in [2.75, 3.05) is 17.3 Å². The van der Waals surface area contributed by atoms with Crippen LogP contribution in [0.5, 0.6) is 0 Å². The van der Waals surface area contributed by atoms with Crippen LogP contribution in [0.25, 0.3) is 11.0 Å². The van der Waals surface area contributed by atoms with Crippen molar-refractivity contribution in [1.82, 2.24) is 9.97 Å². The molecule has 0 aliphatic rings. The molecule has 2 rings (SSSR count). The first-order valence-corrected chi connectivity index (χ1v) is 10.4. The third kappa shape index (κ3) is 4.91. The first-order chi connectivity index (χ1) is 10.0. The van der Waals surface area contributed by atoms with Crippen LogP contribution in [0, 0.1) is 0 Å². The summed E-state index contributed by atoms with van der Waals surface area (Å²) >= 11 is 3.75. The van der Waals surface area contributed by atoms with E-state index in [1.807, 2.05) is 23.5 Å².